The van der Waals surface area contributed by atoms with Gasteiger partial charge in [0, 0.05) is 36.2 Å². The fraction of sp³-hybridized carbons (Fsp3) is 0.207. The highest BCUT2D eigenvalue weighted by molar-refractivity contribution is 6.21. The summed E-state index contributed by atoms with van der Waals surface area (Å²) >= 11 is 0. The van der Waals surface area contributed by atoms with E-state index in [4.69, 9.17) is 0 Å². The number of nitrogens with zero attached hydrogens (tertiary/aromatic N) is 3. The SMILES string of the molecule is Cc1c(NC(=O)CCCCCN2C(=O)c3ccccc3C2=O)n(-c2ccc([N+](=O)[O-])cc2)c2ccccc12. The molecule has 5 rings (SSSR count). The Morgan fingerprint density at radius 2 is 1.50 bits per heavy atom. The maximum absolute atomic E-state index is 12.9. The first kappa shape index (κ1) is 24.9. The Balaban J connectivity index is 1.23. The molecule has 192 valence electrons. The number of anilines is 1. The topological polar surface area (TPSA) is 115 Å². The number of nitrogens with one attached hydrogen (secondary N) is 1. The van der Waals surface area contributed by atoms with Crippen LogP contribution in [0.15, 0.2) is 72.8 Å². The number of nitro groups is 1. The number of aromatic nitrogens is 1. The molecule has 0 saturated heterocycles. The van der Waals surface area contributed by atoms with Crippen LogP contribution in [-0.2, 0) is 4.79 Å². The number of aryl methyl sites for hydroxylation is 1. The van der Waals surface area contributed by atoms with Crippen molar-refractivity contribution >= 4 is 40.1 Å². The van der Waals surface area contributed by atoms with E-state index in [1.807, 2.05) is 35.8 Å². The van der Waals surface area contributed by atoms with Gasteiger partial charge in [-0.05, 0) is 55.7 Å². The Morgan fingerprint density at radius 1 is 0.868 bits per heavy atom. The highest BCUT2D eigenvalue weighted by Gasteiger charge is 2.34. The van der Waals surface area contributed by atoms with E-state index in [1.165, 1.54) is 17.0 Å². The number of benzene rings is 3. The number of carbonyl (C=O) groups is 3. The number of amides is 3. The summed E-state index contributed by atoms with van der Waals surface area (Å²) in [6, 6.07) is 20.8. The van der Waals surface area contributed by atoms with Crippen LogP contribution in [0.2, 0.25) is 0 Å². The van der Waals surface area contributed by atoms with E-state index in [-0.39, 0.29) is 29.8 Å². The summed E-state index contributed by atoms with van der Waals surface area (Å²) in [5.74, 6) is -0.0633. The van der Waals surface area contributed by atoms with E-state index < -0.39 is 4.92 Å². The van der Waals surface area contributed by atoms with Crippen LogP contribution in [0.25, 0.3) is 16.6 Å². The van der Waals surface area contributed by atoms with Crippen LogP contribution in [0.3, 0.4) is 0 Å². The molecule has 0 spiro atoms. The summed E-state index contributed by atoms with van der Waals surface area (Å²) in [4.78, 5) is 49.8. The predicted molar refractivity (Wildman–Crippen MR) is 144 cm³/mol. The van der Waals surface area contributed by atoms with Crippen LogP contribution in [0.5, 0.6) is 0 Å². The molecule has 0 aliphatic carbocycles. The number of hydrogen-bond acceptors (Lipinski definition) is 5. The third-order valence-electron chi connectivity index (χ3n) is 6.87. The Morgan fingerprint density at radius 3 is 2.16 bits per heavy atom. The van der Waals surface area contributed by atoms with Gasteiger partial charge in [-0.25, -0.2) is 0 Å². The van der Waals surface area contributed by atoms with Crippen molar-refractivity contribution in [2.24, 2.45) is 0 Å². The molecule has 0 fully saturated rings. The first-order valence-electron chi connectivity index (χ1n) is 12.5. The van der Waals surface area contributed by atoms with Crippen LogP contribution in [0.1, 0.15) is 52.0 Å². The van der Waals surface area contributed by atoms with E-state index >= 15 is 0 Å². The van der Waals surface area contributed by atoms with Crippen molar-refractivity contribution < 1.29 is 19.3 Å². The standard InChI is InChI=1S/C29H26N4O5/c1-19-22-9-6-7-12-25(22)32(20-14-16-21(17-15-20)33(37)38)27(19)30-26(34)13-3-2-8-18-31-28(35)23-10-4-5-11-24(23)29(31)36/h4-7,9-12,14-17H,2-3,8,13,18H2,1H3,(H,30,34). The molecule has 9 heteroatoms. The highest BCUT2D eigenvalue weighted by Crippen LogP contribution is 2.33. The second kappa shape index (κ2) is 10.3. The largest absolute Gasteiger partial charge is 0.312 e. The van der Waals surface area contributed by atoms with Gasteiger partial charge in [0.25, 0.3) is 17.5 Å². The van der Waals surface area contributed by atoms with E-state index in [0.717, 1.165) is 16.5 Å². The number of hydrogen-bond donors (Lipinski definition) is 1. The lowest BCUT2D eigenvalue weighted by atomic mass is 10.1. The molecule has 9 nitrogen and oxygen atoms in total. The Kier molecular flexibility index (Phi) is 6.74. The monoisotopic (exact) mass is 510 g/mol. The molecule has 38 heavy (non-hydrogen) atoms. The zero-order chi connectivity index (χ0) is 26.8. The number of nitro benzene ring substituents is 1. The molecule has 1 aliphatic rings. The van der Waals surface area contributed by atoms with E-state index in [0.29, 0.717) is 48.4 Å². The first-order valence-corrected chi connectivity index (χ1v) is 12.5. The zero-order valence-corrected chi connectivity index (χ0v) is 20.8. The minimum atomic E-state index is -0.445. The fourth-order valence-corrected chi connectivity index (χ4v) is 4.91. The van der Waals surface area contributed by atoms with Gasteiger partial charge >= 0.3 is 0 Å². The summed E-state index contributed by atoms with van der Waals surface area (Å²) < 4.78 is 1.90. The van der Waals surface area contributed by atoms with Gasteiger partial charge in [-0.3, -0.25) is 34.0 Å². The lowest BCUT2D eigenvalue weighted by molar-refractivity contribution is -0.384. The predicted octanol–water partition coefficient (Wildman–Crippen LogP) is 5.64. The summed E-state index contributed by atoms with van der Waals surface area (Å²) in [6.07, 6.45) is 2.18. The molecule has 0 bridgehead atoms. The second-order valence-corrected chi connectivity index (χ2v) is 9.27. The average Bonchev–Trinajstić information content (AvgIpc) is 3.34. The molecular weight excluding hydrogens is 484 g/mol. The van der Waals surface area contributed by atoms with Crippen molar-refractivity contribution in [2.75, 3.05) is 11.9 Å². The summed E-state index contributed by atoms with van der Waals surface area (Å²) in [7, 11) is 0. The minimum absolute atomic E-state index is 0.00581. The molecule has 0 unspecified atom stereocenters. The molecule has 0 radical (unpaired) electrons. The molecular formula is C29H26N4O5. The van der Waals surface area contributed by atoms with Gasteiger partial charge in [0.05, 0.1) is 21.6 Å². The average molecular weight is 511 g/mol. The highest BCUT2D eigenvalue weighted by atomic mass is 16.6. The maximum Gasteiger partial charge on any atom is 0.269 e. The first-order chi connectivity index (χ1) is 18.4. The molecule has 1 N–H and O–H groups in total. The van der Waals surface area contributed by atoms with Gasteiger partial charge in [0.15, 0.2) is 0 Å². The Bertz CT molecular complexity index is 1540. The molecule has 1 aromatic heterocycles. The van der Waals surface area contributed by atoms with Crippen LogP contribution >= 0.6 is 0 Å². The molecule has 2 heterocycles. The fourth-order valence-electron chi connectivity index (χ4n) is 4.91. The van der Waals surface area contributed by atoms with Gasteiger partial charge in [-0.1, -0.05) is 36.8 Å². The van der Waals surface area contributed by atoms with E-state index in [9.17, 15) is 24.5 Å². The number of carbonyl (C=O) groups excluding carboxylic acids is 3. The smallest absolute Gasteiger partial charge is 0.269 e. The second-order valence-electron chi connectivity index (χ2n) is 9.27. The molecule has 1 aliphatic heterocycles. The van der Waals surface area contributed by atoms with Crippen LogP contribution in [0, 0.1) is 17.0 Å². The summed E-state index contributed by atoms with van der Waals surface area (Å²) in [5, 5.41) is 15.1. The third kappa shape index (κ3) is 4.54. The van der Waals surface area contributed by atoms with Gasteiger partial charge in [-0.15, -0.1) is 0 Å². The third-order valence-corrected chi connectivity index (χ3v) is 6.87. The van der Waals surface area contributed by atoms with Crippen molar-refractivity contribution in [2.45, 2.75) is 32.6 Å². The lowest BCUT2D eigenvalue weighted by Gasteiger charge is -2.14. The van der Waals surface area contributed by atoms with Crippen molar-refractivity contribution in [1.82, 2.24) is 9.47 Å². The summed E-state index contributed by atoms with van der Waals surface area (Å²) in [5.41, 5.74) is 3.37. The van der Waals surface area contributed by atoms with Crippen LogP contribution < -0.4 is 5.32 Å². The zero-order valence-electron chi connectivity index (χ0n) is 20.8. The van der Waals surface area contributed by atoms with Crippen molar-refractivity contribution in [3.05, 3.63) is 99.6 Å². The van der Waals surface area contributed by atoms with Gasteiger partial charge in [0.1, 0.15) is 5.82 Å². The van der Waals surface area contributed by atoms with Gasteiger partial charge < -0.3 is 5.32 Å². The van der Waals surface area contributed by atoms with Crippen LogP contribution in [0.4, 0.5) is 11.5 Å². The molecule has 4 aromatic rings. The maximum atomic E-state index is 12.9. The minimum Gasteiger partial charge on any atom is -0.312 e. The number of unbranched alkanes of at least 4 members (excludes halogenated alkanes) is 2. The number of rotatable bonds is 9. The quantitative estimate of drug-likeness (QED) is 0.135. The Hall–Kier alpha value is -4.79. The van der Waals surface area contributed by atoms with Crippen molar-refractivity contribution in [3.63, 3.8) is 0 Å². The van der Waals surface area contributed by atoms with Gasteiger partial charge in [-0.2, -0.15) is 0 Å². The van der Waals surface area contributed by atoms with Crippen molar-refractivity contribution in [1.29, 1.82) is 0 Å². The van der Waals surface area contributed by atoms with E-state index in [2.05, 4.69) is 5.32 Å². The van der Waals surface area contributed by atoms with Crippen LogP contribution in [-0.4, -0.2) is 38.7 Å². The number of fused-ring (bicyclic) bond motifs is 2. The summed E-state index contributed by atoms with van der Waals surface area (Å²) in [6.45, 7) is 2.25. The number of non-ortho nitro benzene ring substituents is 1. The number of para-hydroxylation sites is 1. The van der Waals surface area contributed by atoms with E-state index in [1.54, 1.807) is 36.4 Å². The molecule has 3 amide bonds. The molecule has 3 aromatic carbocycles. The number of imide groups is 1. The normalized spacial score (nSPS) is 12.7. The molecule has 0 saturated carbocycles. The lowest BCUT2D eigenvalue weighted by Crippen LogP contribution is -2.30. The van der Waals surface area contributed by atoms with Crippen molar-refractivity contribution in [3.8, 4) is 5.69 Å². The molecule has 0 atom stereocenters. The van der Waals surface area contributed by atoms with Gasteiger partial charge in [0.2, 0.25) is 5.91 Å². The Labute approximate surface area is 218 Å².